The molecule has 3 rings (SSSR count). The number of rotatable bonds is 2. The van der Waals surface area contributed by atoms with Crippen LogP contribution in [0, 0.1) is 0 Å². The van der Waals surface area contributed by atoms with E-state index < -0.39 is 0 Å². The van der Waals surface area contributed by atoms with Gasteiger partial charge >= 0.3 is 0 Å². The van der Waals surface area contributed by atoms with Gasteiger partial charge in [0.05, 0.1) is 0 Å². The molecule has 2 amide bonds. The molecule has 2 aliphatic heterocycles. The van der Waals surface area contributed by atoms with Gasteiger partial charge in [-0.1, -0.05) is 18.2 Å². The highest BCUT2D eigenvalue weighted by Gasteiger charge is 2.32. The molecule has 100 valence electrons. The van der Waals surface area contributed by atoms with Gasteiger partial charge in [0.1, 0.15) is 0 Å². The molecule has 2 N–H and O–H groups in total. The molecule has 1 aromatic rings. The van der Waals surface area contributed by atoms with Gasteiger partial charge in [0.15, 0.2) is 0 Å². The van der Waals surface area contributed by atoms with Crippen LogP contribution >= 0.6 is 0 Å². The second-order valence-electron chi connectivity index (χ2n) is 5.14. The van der Waals surface area contributed by atoms with Crippen molar-refractivity contribution in [2.75, 3.05) is 18.5 Å². The van der Waals surface area contributed by atoms with Crippen molar-refractivity contribution >= 4 is 17.5 Å². The Morgan fingerprint density at radius 1 is 1.26 bits per heavy atom. The minimum Gasteiger partial charge on any atom is -0.354 e. The van der Waals surface area contributed by atoms with Crippen molar-refractivity contribution in [2.24, 2.45) is 0 Å². The molecule has 2 unspecified atom stereocenters. The molecule has 0 saturated carbocycles. The molecule has 1 aromatic carbocycles. The van der Waals surface area contributed by atoms with E-state index in [0.29, 0.717) is 19.4 Å². The van der Waals surface area contributed by atoms with Gasteiger partial charge in [0, 0.05) is 44.2 Å². The zero-order valence-corrected chi connectivity index (χ0v) is 10.8. The van der Waals surface area contributed by atoms with Gasteiger partial charge in [-0.2, -0.15) is 0 Å². The zero-order chi connectivity index (χ0) is 13.4. The van der Waals surface area contributed by atoms with E-state index in [4.69, 9.17) is 0 Å². The van der Waals surface area contributed by atoms with Crippen LogP contribution in [0.4, 0.5) is 5.69 Å². The number of para-hydroxylation sites is 1. The number of fused-ring (bicyclic) bond motifs is 1. The first-order valence-corrected chi connectivity index (χ1v) is 6.53. The second kappa shape index (κ2) is 4.66. The highest BCUT2D eigenvalue weighted by Crippen LogP contribution is 2.33. The number of nitrogens with one attached hydrogen (secondary N) is 2. The summed E-state index contributed by atoms with van der Waals surface area (Å²) < 4.78 is 0. The van der Waals surface area contributed by atoms with E-state index in [2.05, 4.69) is 10.6 Å². The average molecular weight is 259 g/mol. The first-order valence-electron chi connectivity index (χ1n) is 6.53. The summed E-state index contributed by atoms with van der Waals surface area (Å²) in [7, 11) is 1.80. The van der Waals surface area contributed by atoms with Crippen molar-refractivity contribution in [3.8, 4) is 0 Å². The maximum absolute atomic E-state index is 12.0. The smallest absolute Gasteiger partial charge is 0.228 e. The van der Waals surface area contributed by atoms with Crippen LogP contribution in [0.25, 0.3) is 0 Å². The normalized spacial score (nSPS) is 26.3. The fraction of sp³-hybridized carbons (Fsp3) is 0.429. The van der Waals surface area contributed by atoms with Crippen molar-refractivity contribution < 1.29 is 9.59 Å². The Morgan fingerprint density at radius 3 is 2.79 bits per heavy atom. The van der Waals surface area contributed by atoms with Gasteiger partial charge in [-0.15, -0.1) is 0 Å². The summed E-state index contributed by atoms with van der Waals surface area (Å²) in [6.07, 6.45) is 0.931. The highest BCUT2D eigenvalue weighted by atomic mass is 16.2. The van der Waals surface area contributed by atoms with Crippen molar-refractivity contribution in [3.63, 3.8) is 0 Å². The van der Waals surface area contributed by atoms with Crippen LogP contribution in [0.15, 0.2) is 24.3 Å². The van der Waals surface area contributed by atoms with Crippen LogP contribution in [0.1, 0.15) is 24.4 Å². The summed E-state index contributed by atoms with van der Waals surface area (Å²) in [5.74, 6) is 0.179. The molecule has 2 aliphatic rings. The van der Waals surface area contributed by atoms with Crippen LogP contribution in [0.3, 0.4) is 0 Å². The topological polar surface area (TPSA) is 61.4 Å². The van der Waals surface area contributed by atoms with Crippen LogP contribution in [-0.4, -0.2) is 31.4 Å². The van der Waals surface area contributed by atoms with E-state index in [1.165, 1.54) is 0 Å². The average Bonchev–Trinajstić information content (AvgIpc) is 2.81. The number of nitrogens with zero attached hydrogens (tertiary/aromatic N) is 1. The van der Waals surface area contributed by atoms with E-state index in [9.17, 15) is 9.59 Å². The number of carbonyl (C=O) groups excluding carboxylic acids is 2. The highest BCUT2D eigenvalue weighted by molar-refractivity contribution is 5.96. The molecule has 0 aromatic heterocycles. The first-order chi connectivity index (χ1) is 9.15. The lowest BCUT2D eigenvalue weighted by molar-refractivity contribution is -0.119. The number of anilines is 1. The molecule has 19 heavy (non-hydrogen) atoms. The van der Waals surface area contributed by atoms with Gasteiger partial charge in [-0.3, -0.25) is 9.59 Å². The fourth-order valence-electron chi connectivity index (χ4n) is 2.80. The SMILES string of the molecule is CN1C(=O)CC(NC2CNC(=O)C2)c2ccccc21. The maximum atomic E-state index is 12.0. The Balaban J connectivity index is 1.84. The van der Waals surface area contributed by atoms with Crippen LogP contribution in [-0.2, 0) is 9.59 Å². The summed E-state index contributed by atoms with van der Waals surface area (Å²) in [4.78, 5) is 24.9. The summed E-state index contributed by atoms with van der Waals surface area (Å²) in [6, 6.07) is 8.03. The molecule has 5 heteroatoms. The lowest BCUT2D eigenvalue weighted by Crippen LogP contribution is -2.42. The molecule has 2 heterocycles. The fourth-order valence-corrected chi connectivity index (χ4v) is 2.80. The third-order valence-electron chi connectivity index (χ3n) is 3.84. The van der Waals surface area contributed by atoms with Crippen molar-refractivity contribution in [1.29, 1.82) is 0 Å². The Kier molecular flexibility index (Phi) is 2.98. The minimum atomic E-state index is -0.00222. The van der Waals surface area contributed by atoms with Gasteiger partial charge in [0.25, 0.3) is 0 Å². The van der Waals surface area contributed by atoms with E-state index in [1.807, 2.05) is 24.3 Å². The third kappa shape index (κ3) is 2.21. The largest absolute Gasteiger partial charge is 0.354 e. The summed E-state index contributed by atoms with van der Waals surface area (Å²) in [5, 5.41) is 6.23. The molecule has 0 bridgehead atoms. The van der Waals surface area contributed by atoms with Crippen molar-refractivity contribution in [3.05, 3.63) is 29.8 Å². The number of amides is 2. The lowest BCUT2D eigenvalue weighted by Gasteiger charge is -2.33. The minimum absolute atomic E-state index is 0.00222. The maximum Gasteiger partial charge on any atom is 0.228 e. The van der Waals surface area contributed by atoms with Gasteiger partial charge in [0.2, 0.25) is 11.8 Å². The van der Waals surface area contributed by atoms with Gasteiger partial charge in [-0.05, 0) is 11.6 Å². The van der Waals surface area contributed by atoms with E-state index in [0.717, 1.165) is 11.3 Å². The first kappa shape index (κ1) is 12.2. The lowest BCUT2D eigenvalue weighted by atomic mass is 9.95. The summed E-state index contributed by atoms with van der Waals surface area (Å²) >= 11 is 0. The molecule has 2 atom stereocenters. The molecule has 1 fully saturated rings. The van der Waals surface area contributed by atoms with Crippen LogP contribution in [0.2, 0.25) is 0 Å². The molecular formula is C14H17N3O2. The zero-order valence-electron chi connectivity index (χ0n) is 10.8. The summed E-state index contributed by atoms with van der Waals surface area (Å²) in [6.45, 7) is 0.640. The standard InChI is InChI=1S/C14H17N3O2/c1-17-12-5-3-2-4-10(12)11(7-14(17)19)16-9-6-13(18)15-8-9/h2-5,9,11,16H,6-8H2,1H3,(H,15,18). The van der Waals surface area contributed by atoms with Gasteiger partial charge in [-0.25, -0.2) is 0 Å². The Morgan fingerprint density at radius 2 is 2.05 bits per heavy atom. The molecule has 1 saturated heterocycles. The van der Waals surface area contributed by atoms with E-state index in [1.54, 1.807) is 11.9 Å². The third-order valence-corrected chi connectivity index (χ3v) is 3.84. The Labute approximate surface area is 112 Å². The van der Waals surface area contributed by atoms with E-state index >= 15 is 0 Å². The second-order valence-corrected chi connectivity index (χ2v) is 5.14. The molecule has 0 radical (unpaired) electrons. The number of hydrogen-bond acceptors (Lipinski definition) is 3. The molecule has 0 aliphatic carbocycles. The van der Waals surface area contributed by atoms with Crippen LogP contribution in [0.5, 0.6) is 0 Å². The molecular weight excluding hydrogens is 242 g/mol. The van der Waals surface area contributed by atoms with Crippen LogP contribution < -0.4 is 15.5 Å². The van der Waals surface area contributed by atoms with Crippen molar-refractivity contribution in [1.82, 2.24) is 10.6 Å². The Bertz CT molecular complexity index is 529. The monoisotopic (exact) mass is 259 g/mol. The molecule has 0 spiro atoms. The number of benzene rings is 1. The number of hydrogen-bond donors (Lipinski definition) is 2. The number of carbonyl (C=O) groups is 2. The van der Waals surface area contributed by atoms with E-state index in [-0.39, 0.29) is 23.9 Å². The predicted octanol–water partition coefficient (Wildman–Crippen LogP) is 0.572. The molecule has 5 nitrogen and oxygen atoms in total. The summed E-state index contributed by atoms with van der Waals surface area (Å²) in [5.41, 5.74) is 2.08. The quantitative estimate of drug-likeness (QED) is 0.816. The van der Waals surface area contributed by atoms with Crippen molar-refractivity contribution in [2.45, 2.75) is 24.9 Å². The predicted molar refractivity (Wildman–Crippen MR) is 71.8 cm³/mol. The van der Waals surface area contributed by atoms with Gasteiger partial charge < -0.3 is 15.5 Å². The Hall–Kier alpha value is -1.88.